The van der Waals surface area contributed by atoms with Gasteiger partial charge in [-0.3, -0.25) is 4.79 Å². The fraction of sp³-hybridized carbons (Fsp3) is 0.400. The Bertz CT molecular complexity index is 581. The maximum absolute atomic E-state index is 10.7. The van der Waals surface area contributed by atoms with Crippen molar-refractivity contribution in [3.63, 3.8) is 0 Å². The summed E-state index contributed by atoms with van der Waals surface area (Å²) in [7, 11) is 0. The molecular formula is C10H12N4O2S. The summed E-state index contributed by atoms with van der Waals surface area (Å²) >= 11 is 1.11. The van der Waals surface area contributed by atoms with Gasteiger partial charge < -0.3 is 5.11 Å². The lowest BCUT2D eigenvalue weighted by atomic mass is 10.4. The Hall–Kier alpha value is -1.63. The molecule has 1 N–H and O–H groups in total. The number of aryl methyl sites for hydroxylation is 2. The van der Waals surface area contributed by atoms with Crippen LogP contribution in [-0.4, -0.2) is 35.9 Å². The highest BCUT2D eigenvalue weighted by atomic mass is 32.2. The molecule has 0 radical (unpaired) electrons. The topological polar surface area (TPSA) is 80.4 Å². The Morgan fingerprint density at radius 3 is 2.82 bits per heavy atom. The van der Waals surface area contributed by atoms with Crippen molar-refractivity contribution in [3.05, 3.63) is 17.5 Å². The lowest BCUT2D eigenvalue weighted by Gasteiger charge is -1.99. The molecule has 0 aliphatic rings. The fourth-order valence-corrected chi connectivity index (χ4v) is 2.09. The molecule has 2 rings (SSSR count). The highest BCUT2D eigenvalue weighted by Crippen LogP contribution is 2.20. The Balaban J connectivity index is 2.38. The van der Waals surface area contributed by atoms with Crippen LogP contribution in [-0.2, 0) is 4.79 Å². The molecule has 0 aromatic carbocycles. The number of thioether (sulfide) groups is 1. The van der Waals surface area contributed by atoms with E-state index >= 15 is 0 Å². The summed E-state index contributed by atoms with van der Waals surface area (Å²) in [6.45, 7) is 5.39. The van der Waals surface area contributed by atoms with Crippen LogP contribution in [0.15, 0.2) is 11.2 Å². The highest BCUT2D eigenvalue weighted by Gasteiger charge is 2.16. The van der Waals surface area contributed by atoms with E-state index < -0.39 is 11.2 Å². The molecule has 0 spiro atoms. The number of aliphatic carboxylic acids is 1. The molecule has 7 heteroatoms. The van der Waals surface area contributed by atoms with Gasteiger partial charge in [0.15, 0.2) is 0 Å². The second-order valence-electron chi connectivity index (χ2n) is 3.74. The fourth-order valence-electron chi connectivity index (χ4n) is 1.41. The van der Waals surface area contributed by atoms with E-state index in [1.54, 1.807) is 11.4 Å². The summed E-state index contributed by atoms with van der Waals surface area (Å²) in [6, 6.07) is 1.90. The first-order valence-corrected chi connectivity index (χ1v) is 5.96. The molecule has 0 bridgehead atoms. The summed E-state index contributed by atoms with van der Waals surface area (Å²) in [4.78, 5) is 19.2. The lowest BCUT2D eigenvalue weighted by molar-refractivity contribution is -0.136. The zero-order chi connectivity index (χ0) is 12.6. The summed E-state index contributed by atoms with van der Waals surface area (Å²) < 4.78 is 1.61. The van der Waals surface area contributed by atoms with Crippen LogP contribution in [0.4, 0.5) is 0 Å². The molecule has 0 aliphatic carbocycles. The van der Waals surface area contributed by atoms with E-state index in [0.29, 0.717) is 10.9 Å². The standard InChI is InChI=1S/C10H12N4O2S/c1-5-4-6(2)14-9(11-5)12-10(13-14)17-7(3)8(15)16/h4,7H,1-3H3,(H,15,16)/t7-/m1/s1. The molecule has 0 saturated heterocycles. The minimum Gasteiger partial charge on any atom is -0.480 e. The van der Waals surface area contributed by atoms with Crippen LogP contribution in [0, 0.1) is 13.8 Å². The smallest absolute Gasteiger partial charge is 0.316 e. The largest absolute Gasteiger partial charge is 0.480 e. The second-order valence-corrected chi connectivity index (χ2v) is 5.05. The average molecular weight is 252 g/mol. The zero-order valence-electron chi connectivity index (χ0n) is 9.71. The maximum Gasteiger partial charge on any atom is 0.316 e. The van der Waals surface area contributed by atoms with Crippen LogP contribution < -0.4 is 0 Å². The number of nitrogens with zero attached hydrogens (tertiary/aromatic N) is 4. The molecule has 0 saturated carbocycles. The van der Waals surface area contributed by atoms with Gasteiger partial charge in [0.1, 0.15) is 5.25 Å². The van der Waals surface area contributed by atoms with E-state index in [1.165, 1.54) is 0 Å². The molecule has 90 valence electrons. The van der Waals surface area contributed by atoms with Gasteiger partial charge in [-0.25, -0.2) is 9.50 Å². The number of hydrogen-bond donors (Lipinski definition) is 1. The summed E-state index contributed by atoms with van der Waals surface area (Å²) in [5.41, 5.74) is 1.79. The van der Waals surface area contributed by atoms with Gasteiger partial charge in [-0.05, 0) is 26.8 Å². The predicted octanol–water partition coefficient (Wildman–Crippen LogP) is 1.31. The predicted molar refractivity (Wildman–Crippen MR) is 63.2 cm³/mol. The molecule has 1 atom stereocenters. The van der Waals surface area contributed by atoms with Gasteiger partial charge in [-0.2, -0.15) is 4.98 Å². The molecule has 0 amide bonds. The van der Waals surface area contributed by atoms with Crippen molar-refractivity contribution < 1.29 is 9.90 Å². The first kappa shape index (κ1) is 11.8. The minimum atomic E-state index is -0.880. The lowest BCUT2D eigenvalue weighted by Crippen LogP contribution is -2.11. The molecule has 6 nitrogen and oxygen atoms in total. The van der Waals surface area contributed by atoms with Crippen LogP contribution in [0.3, 0.4) is 0 Å². The van der Waals surface area contributed by atoms with E-state index in [2.05, 4.69) is 15.1 Å². The van der Waals surface area contributed by atoms with Crippen LogP contribution in [0.1, 0.15) is 18.3 Å². The van der Waals surface area contributed by atoms with Crippen molar-refractivity contribution in [1.82, 2.24) is 19.6 Å². The average Bonchev–Trinajstić information content (AvgIpc) is 2.60. The number of aromatic nitrogens is 4. The third kappa shape index (κ3) is 2.38. The van der Waals surface area contributed by atoms with Gasteiger partial charge in [-0.1, -0.05) is 11.8 Å². The quantitative estimate of drug-likeness (QED) is 0.829. The van der Waals surface area contributed by atoms with Gasteiger partial charge in [0.2, 0.25) is 5.16 Å². The Kier molecular flexibility index (Phi) is 3.01. The van der Waals surface area contributed by atoms with Crippen molar-refractivity contribution in [3.8, 4) is 0 Å². The van der Waals surface area contributed by atoms with Crippen molar-refractivity contribution in [2.75, 3.05) is 0 Å². The van der Waals surface area contributed by atoms with Crippen molar-refractivity contribution in [1.29, 1.82) is 0 Å². The summed E-state index contributed by atoms with van der Waals surface area (Å²) in [5.74, 6) is -0.377. The second kappa shape index (κ2) is 4.33. The normalized spacial score (nSPS) is 12.9. The minimum absolute atomic E-state index is 0.432. The first-order chi connectivity index (χ1) is 7.97. The van der Waals surface area contributed by atoms with Crippen LogP contribution in [0.25, 0.3) is 5.78 Å². The SMILES string of the molecule is Cc1cc(C)n2nc(S[C@H](C)C(=O)O)nc2n1. The van der Waals surface area contributed by atoms with Gasteiger partial charge >= 0.3 is 5.97 Å². The van der Waals surface area contributed by atoms with E-state index in [4.69, 9.17) is 5.11 Å². The van der Waals surface area contributed by atoms with Gasteiger partial charge in [-0.15, -0.1) is 5.10 Å². The van der Waals surface area contributed by atoms with Crippen molar-refractivity contribution in [2.45, 2.75) is 31.2 Å². The first-order valence-electron chi connectivity index (χ1n) is 5.08. The van der Waals surface area contributed by atoms with Crippen molar-refractivity contribution in [2.24, 2.45) is 0 Å². The Morgan fingerprint density at radius 1 is 1.47 bits per heavy atom. The third-order valence-electron chi connectivity index (χ3n) is 2.23. The van der Waals surface area contributed by atoms with Gasteiger partial charge in [0.05, 0.1) is 0 Å². The van der Waals surface area contributed by atoms with Crippen LogP contribution in [0.2, 0.25) is 0 Å². The number of carboxylic acids is 1. The summed E-state index contributed by atoms with van der Waals surface area (Å²) in [5, 5.41) is 12.9. The molecule has 0 aliphatic heterocycles. The maximum atomic E-state index is 10.7. The number of fused-ring (bicyclic) bond motifs is 1. The van der Waals surface area contributed by atoms with E-state index in [1.807, 2.05) is 19.9 Å². The highest BCUT2D eigenvalue weighted by molar-refractivity contribution is 8.00. The number of carboxylic acid groups (broad SMARTS) is 1. The van der Waals surface area contributed by atoms with E-state index in [0.717, 1.165) is 23.1 Å². The molecular weight excluding hydrogens is 240 g/mol. The number of carbonyl (C=O) groups is 1. The monoisotopic (exact) mass is 252 g/mol. The van der Waals surface area contributed by atoms with E-state index in [-0.39, 0.29) is 0 Å². The third-order valence-corrected chi connectivity index (χ3v) is 3.17. The molecule has 2 aromatic rings. The van der Waals surface area contributed by atoms with Gasteiger partial charge in [0.25, 0.3) is 5.78 Å². The molecule has 17 heavy (non-hydrogen) atoms. The number of hydrogen-bond acceptors (Lipinski definition) is 5. The van der Waals surface area contributed by atoms with E-state index in [9.17, 15) is 4.79 Å². The molecule has 2 heterocycles. The summed E-state index contributed by atoms with van der Waals surface area (Å²) in [6.07, 6.45) is 0. The number of rotatable bonds is 3. The Morgan fingerprint density at radius 2 is 2.18 bits per heavy atom. The molecule has 2 aromatic heterocycles. The zero-order valence-corrected chi connectivity index (χ0v) is 10.5. The van der Waals surface area contributed by atoms with Crippen LogP contribution >= 0.6 is 11.8 Å². The Labute approximate surface area is 102 Å². The molecule has 0 fully saturated rings. The van der Waals surface area contributed by atoms with Crippen LogP contribution in [0.5, 0.6) is 0 Å². The van der Waals surface area contributed by atoms with Gasteiger partial charge in [0, 0.05) is 11.4 Å². The van der Waals surface area contributed by atoms with Crippen molar-refractivity contribution >= 4 is 23.5 Å². The molecule has 0 unspecified atom stereocenters.